The third-order valence-electron chi connectivity index (χ3n) is 3.15. The maximum Gasteiger partial charge on any atom is 0.224 e. The fraction of sp³-hybridized carbons (Fsp3) is 0.800. The Morgan fingerprint density at radius 2 is 2.14 bits per heavy atom. The van der Waals surface area contributed by atoms with E-state index in [1.807, 2.05) is 11.6 Å². The van der Waals surface area contributed by atoms with E-state index in [0.29, 0.717) is 0 Å². The van der Waals surface area contributed by atoms with Crippen molar-refractivity contribution in [3.8, 4) is 0 Å². The number of rotatable bonds is 3. The summed E-state index contributed by atoms with van der Waals surface area (Å²) in [7, 11) is 2.02. The molecule has 0 atom stereocenters. The Labute approximate surface area is 84.7 Å². The first-order valence-electron chi connectivity index (χ1n) is 5.31. The summed E-state index contributed by atoms with van der Waals surface area (Å²) in [5.74, 6) is 1.94. The van der Waals surface area contributed by atoms with Gasteiger partial charge in [-0.1, -0.05) is 6.92 Å². The molecular formula is C10H18N4. The molecule has 0 saturated heterocycles. The van der Waals surface area contributed by atoms with Gasteiger partial charge in [0.25, 0.3) is 0 Å². The Morgan fingerprint density at radius 3 is 2.57 bits per heavy atom. The number of hydrogen-bond acceptors (Lipinski definition) is 3. The van der Waals surface area contributed by atoms with Gasteiger partial charge in [-0.2, -0.15) is 0 Å². The molecule has 0 unspecified atom stereocenters. The minimum atomic E-state index is 0.256. The van der Waals surface area contributed by atoms with E-state index in [9.17, 15) is 0 Å². The number of aryl methyl sites for hydroxylation is 1. The first kappa shape index (κ1) is 9.49. The van der Waals surface area contributed by atoms with Crippen LogP contribution in [0.25, 0.3) is 0 Å². The van der Waals surface area contributed by atoms with Gasteiger partial charge in [-0.3, -0.25) is 0 Å². The summed E-state index contributed by atoms with van der Waals surface area (Å²) in [4.78, 5) is 0. The van der Waals surface area contributed by atoms with E-state index in [-0.39, 0.29) is 5.54 Å². The average molecular weight is 194 g/mol. The SMILES string of the molecule is CCc1nnc(NC2(C)CCC2)n1C. The molecule has 2 rings (SSSR count). The zero-order valence-electron chi connectivity index (χ0n) is 9.17. The van der Waals surface area contributed by atoms with Crippen LogP contribution in [0, 0.1) is 0 Å². The van der Waals surface area contributed by atoms with E-state index in [1.54, 1.807) is 0 Å². The molecule has 1 fully saturated rings. The van der Waals surface area contributed by atoms with E-state index in [1.165, 1.54) is 19.3 Å². The summed E-state index contributed by atoms with van der Waals surface area (Å²) in [6.07, 6.45) is 4.73. The van der Waals surface area contributed by atoms with E-state index < -0.39 is 0 Å². The second kappa shape index (κ2) is 3.26. The zero-order chi connectivity index (χ0) is 10.2. The van der Waals surface area contributed by atoms with Crippen LogP contribution in [0.1, 0.15) is 38.9 Å². The molecule has 0 bridgehead atoms. The van der Waals surface area contributed by atoms with Crippen LogP contribution in [0.15, 0.2) is 0 Å². The van der Waals surface area contributed by atoms with Crippen LogP contribution >= 0.6 is 0 Å². The standard InChI is InChI=1S/C10H18N4/c1-4-8-12-13-9(14(8)3)11-10(2)6-5-7-10/h4-7H2,1-3H3,(H,11,13). The third kappa shape index (κ3) is 1.49. The van der Waals surface area contributed by atoms with Crippen molar-refractivity contribution in [1.29, 1.82) is 0 Å². The van der Waals surface area contributed by atoms with Crippen LogP contribution in [0.3, 0.4) is 0 Å². The second-order valence-electron chi connectivity index (χ2n) is 4.39. The molecule has 0 spiro atoms. The molecule has 1 heterocycles. The number of aromatic nitrogens is 3. The van der Waals surface area contributed by atoms with Crippen molar-refractivity contribution in [3.05, 3.63) is 5.82 Å². The lowest BCUT2D eigenvalue weighted by Gasteiger charge is -2.39. The highest BCUT2D eigenvalue weighted by Crippen LogP contribution is 2.34. The van der Waals surface area contributed by atoms with E-state index in [0.717, 1.165) is 18.2 Å². The number of hydrogen-bond donors (Lipinski definition) is 1. The molecule has 1 aromatic heterocycles. The predicted octanol–water partition coefficient (Wildman–Crippen LogP) is 1.73. The molecular weight excluding hydrogens is 176 g/mol. The lowest BCUT2D eigenvalue weighted by atomic mass is 9.79. The molecule has 4 nitrogen and oxygen atoms in total. The first-order valence-corrected chi connectivity index (χ1v) is 5.31. The number of nitrogens with zero attached hydrogens (tertiary/aromatic N) is 3. The Balaban J connectivity index is 2.12. The monoisotopic (exact) mass is 194 g/mol. The van der Waals surface area contributed by atoms with Gasteiger partial charge in [0.1, 0.15) is 5.82 Å². The highest BCUT2D eigenvalue weighted by atomic mass is 15.4. The Kier molecular flexibility index (Phi) is 2.21. The van der Waals surface area contributed by atoms with Crippen LogP contribution in [0.2, 0.25) is 0 Å². The average Bonchev–Trinajstić information content (AvgIpc) is 2.45. The van der Waals surface area contributed by atoms with E-state index in [2.05, 4.69) is 29.4 Å². The molecule has 1 N–H and O–H groups in total. The largest absolute Gasteiger partial charge is 0.349 e. The van der Waals surface area contributed by atoms with E-state index in [4.69, 9.17) is 0 Å². The summed E-state index contributed by atoms with van der Waals surface area (Å²) in [5.41, 5.74) is 0.256. The molecule has 0 aliphatic heterocycles. The molecule has 1 aliphatic carbocycles. The van der Waals surface area contributed by atoms with Gasteiger partial charge >= 0.3 is 0 Å². The van der Waals surface area contributed by atoms with Gasteiger partial charge in [-0.15, -0.1) is 10.2 Å². The summed E-state index contributed by atoms with van der Waals surface area (Å²) in [6, 6.07) is 0. The minimum Gasteiger partial charge on any atom is -0.349 e. The van der Waals surface area contributed by atoms with Crippen molar-refractivity contribution in [2.75, 3.05) is 5.32 Å². The fourth-order valence-electron chi connectivity index (χ4n) is 1.88. The van der Waals surface area contributed by atoms with Crippen molar-refractivity contribution in [3.63, 3.8) is 0 Å². The lowest BCUT2D eigenvalue weighted by molar-refractivity contribution is 0.304. The van der Waals surface area contributed by atoms with Crippen molar-refractivity contribution in [2.24, 2.45) is 7.05 Å². The molecule has 1 saturated carbocycles. The number of anilines is 1. The summed E-state index contributed by atoms with van der Waals surface area (Å²) in [5, 5.41) is 11.7. The second-order valence-corrected chi connectivity index (χ2v) is 4.39. The first-order chi connectivity index (χ1) is 6.64. The van der Waals surface area contributed by atoms with Gasteiger partial charge in [-0.05, 0) is 26.2 Å². The summed E-state index contributed by atoms with van der Waals surface area (Å²) in [6.45, 7) is 4.34. The molecule has 4 heteroatoms. The Morgan fingerprint density at radius 1 is 1.43 bits per heavy atom. The maximum atomic E-state index is 4.16. The van der Waals surface area contributed by atoms with Crippen LogP contribution in [-0.2, 0) is 13.5 Å². The highest BCUT2D eigenvalue weighted by molar-refractivity contribution is 5.31. The highest BCUT2D eigenvalue weighted by Gasteiger charge is 2.32. The molecule has 1 aromatic rings. The van der Waals surface area contributed by atoms with Crippen molar-refractivity contribution >= 4 is 5.95 Å². The fourth-order valence-corrected chi connectivity index (χ4v) is 1.88. The quantitative estimate of drug-likeness (QED) is 0.797. The van der Waals surface area contributed by atoms with Crippen LogP contribution in [-0.4, -0.2) is 20.3 Å². The Hall–Kier alpha value is -1.06. The van der Waals surface area contributed by atoms with Gasteiger partial charge in [0, 0.05) is 19.0 Å². The smallest absolute Gasteiger partial charge is 0.224 e. The maximum absolute atomic E-state index is 4.16. The van der Waals surface area contributed by atoms with Gasteiger partial charge in [0.15, 0.2) is 0 Å². The predicted molar refractivity (Wildman–Crippen MR) is 56.3 cm³/mol. The topological polar surface area (TPSA) is 42.7 Å². The molecule has 78 valence electrons. The van der Waals surface area contributed by atoms with Crippen molar-refractivity contribution in [2.45, 2.75) is 45.1 Å². The Bertz CT molecular complexity index is 325. The molecule has 1 aliphatic rings. The number of nitrogens with one attached hydrogen (secondary N) is 1. The van der Waals surface area contributed by atoms with Gasteiger partial charge in [0.2, 0.25) is 5.95 Å². The summed E-state index contributed by atoms with van der Waals surface area (Å²) < 4.78 is 2.05. The van der Waals surface area contributed by atoms with E-state index >= 15 is 0 Å². The molecule has 0 amide bonds. The van der Waals surface area contributed by atoms with Crippen LogP contribution in [0.4, 0.5) is 5.95 Å². The van der Waals surface area contributed by atoms with Gasteiger partial charge in [0.05, 0.1) is 0 Å². The lowest BCUT2D eigenvalue weighted by Crippen LogP contribution is -2.42. The normalized spacial score (nSPS) is 19.1. The molecule has 14 heavy (non-hydrogen) atoms. The van der Waals surface area contributed by atoms with Crippen LogP contribution < -0.4 is 5.32 Å². The zero-order valence-corrected chi connectivity index (χ0v) is 9.17. The summed E-state index contributed by atoms with van der Waals surface area (Å²) >= 11 is 0. The molecule has 0 aromatic carbocycles. The minimum absolute atomic E-state index is 0.256. The van der Waals surface area contributed by atoms with Crippen LogP contribution in [0.5, 0.6) is 0 Å². The third-order valence-corrected chi connectivity index (χ3v) is 3.15. The van der Waals surface area contributed by atoms with Crippen molar-refractivity contribution < 1.29 is 0 Å². The van der Waals surface area contributed by atoms with Crippen molar-refractivity contribution in [1.82, 2.24) is 14.8 Å². The van der Waals surface area contributed by atoms with Gasteiger partial charge in [-0.25, -0.2) is 0 Å². The molecule has 0 radical (unpaired) electrons. The van der Waals surface area contributed by atoms with Gasteiger partial charge < -0.3 is 9.88 Å².